The van der Waals surface area contributed by atoms with E-state index in [1.807, 2.05) is 6.07 Å². The molecule has 1 aromatic carbocycles. The van der Waals surface area contributed by atoms with Gasteiger partial charge in [0.25, 0.3) is 0 Å². The molecule has 0 radical (unpaired) electrons. The van der Waals surface area contributed by atoms with E-state index in [0.29, 0.717) is 6.61 Å². The number of carboxylic acids is 1. The molecule has 1 saturated heterocycles. The highest BCUT2D eigenvalue weighted by molar-refractivity contribution is 5.80. The summed E-state index contributed by atoms with van der Waals surface area (Å²) in [7, 11) is 0. The lowest BCUT2D eigenvalue weighted by molar-refractivity contribution is -0.143. The summed E-state index contributed by atoms with van der Waals surface area (Å²) >= 11 is 0. The third-order valence-electron chi connectivity index (χ3n) is 6.72. The second kappa shape index (κ2) is 6.93. The molecular weight excluding hydrogens is 330 g/mol. The van der Waals surface area contributed by atoms with Crippen molar-refractivity contribution in [2.24, 2.45) is 11.8 Å². The lowest BCUT2D eigenvalue weighted by atomic mass is 9.67. The number of hydrogen-bond acceptors (Lipinski definition) is 3. The number of carboxylic acid groups (broad SMARTS) is 1. The van der Waals surface area contributed by atoms with Gasteiger partial charge in [-0.3, -0.25) is 9.59 Å². The van der Waals surface area contributed by atoms with Gasteiger partial charge in [-0.2, -0.15) is 0 Å². The van der Waals surface area contributed by atoms with Gasteiger partial charge >= 0.3 is 5.97 Å². The van der Waals surface area contributed by atoms with Crippen molar-refractivity contribution in [2.75, 3.05) is 13.2 Å². The summed E-state index contributed by atoms with van der Waals surface area (Å²) in [5.74, 6) is 0.287. The van der Waals surface area contributed by atoms with Gasteiger partial charge in [-0.15, -0.1) is 0 Å². The fourth-order valence-corrected chi connectivity index (χ4v) is 5.04. The molecular formula is C21H27NO4. The van der Waals surface area contributed by atoms with Crippen LogP contribution < -0.4 is 10.1 Å². The first-order chi connectivity index (χ1) is 12.6. The minimum atomic E-state index is -0.647. The standard InChI is InChI=1S/C21H27NO4/c23-19-15(6-11-22-19)7-12-26-17-2-1-14-3-8-21(18(14)13-17)9-4-16(5-10-21)20(24)25/h1-2,13,15-16H,3-12H2,(H,22,23)(H,24,25). The molecule has 1 amide bonds. The van der Waals surface area contributed by atoms with Crippen LogP contribution in [0.2, 0.25) is 0 Å². The van der Waals surface area contributed by atoms with Crippen LogP contribution in [-0.4, -0.2) is 30.1 Å². The number of ether oxygens (including phenoxy) is 1. The normalized spacial score (nSPS) is 30.2. The molecule has 5 heteroatoms. The molecule has 1 spiro atoms. The summed E-state index contributed by atoms with van der Waals surface area (Å²) in [4.78, 5) is 22.9. The smallest absolute Gasteiger partial charge is 0.306 e. The van der Waals surface area contributed by atoms with Gasteiger partial charge in [-0.1, -0.05) is 6.07 Å². The molecule has 1 aliphatic heterocycles. The highest BCUT2D eigenvalue weighted by Crippen LogP contribution is 2.50. The average Bonchev–Trinajstić information content (AvgIpc) is 3.20. The highest BCUT2D eigenvalue weighted by Gasteiger charge is 2.43. The molecule has 1 saturated carbocycles. The van der Waals surface area contributed by atoms with E-state index < -0.39 is 5.97 Å². The van der Waals surface area contributed by atoms with Crippen LogP contribution in [0.4, 0.5) is 0 Å². The van der Waals surface area contributed by atoms with Gasteiger partial charge in [0, 0.05) is 12.5 Å². The number of amides is 1. The van der Waals surface area contributed by atoms with Crippen molar-refractivity contribution in [1.29, 1.82) is 0 Å². The summed E-state index contributed by atoms with van der Waals surface area (Å²) in [5.41, 5.74) is 2.91. The zero-order chi connectivity index (χ0) is 18.1. The number of hydrogen-bond donors (Lipinski definition) is 2. The molecule has 0 aromatic heterocycles. The molecule has 140 valence electrons. The van der Waals surface area contributed by atoms with Gasteiger partial charge in [-0.05, 0) is 80.0 Å². The topological polar surface area (TPSA) is 75.6 Å². The number of fused-ring (bicyclic) bond motifs is 2. The number of benzene rings is 1. The summed E-state index contributed by atoms with van der Waals surface area (Å²) in [6.07, 6.45) is 7.34. The number of rotatable bonds is 5. The predicted molar refractivity (Wildman–Crippen MR) is 97.3 cm³/mol. The second-order valence-electron chi connectivity index (χ2n) is 8.13. The monoisotopic (exact) mass is 357 g/mol. The van der Waals surface area contributed by atoms with Gasteiger partial charge in [-0.25, -0.2) is 0 Å². The minimum Gasteiger partial charge on any atom is -0.494 e. The SMILES string of the molecule is O=C(O)C1CCC2(CCc3ccc(OCCC4CCNC4=O)cc32)CC1. The largest absolute Gasteiger partial charge is 0.494 e. The van der Waals surface area contributed by atoms with E-state index in [0.717, 1.165) is 63.7 Å². The molecule has 5 nitrogen and oxygen atoms in total. The molecule has 4 rings (SSSR count). The first-order valence-corrected chi connectivity index (χ1v) is 9.84. The number of carbonyl (C=O) groups is 2. The Morgan fingerprint density at radius 3 is 2.73 bits per heavy atom. The fraction of sp³-hybridized carbons (Fsp3) is 0.619. The van der Waals surface area contributed by atoms with Crippen molar-refractivity contribution in [3.8, 4) is 5.75 Å². The Morgan fingerprint density at radius 1 is 1.23 bits per heavy atom. The van der Waals surface area contributed by atoms with Gasteiger partial charge in [0.1, 0.15) is 5.75 Å². The maximum absolute atomic E-state index is 11.6. The highest BCUT2D eigenvalue weighted by atomic mass is 16.5. The van der Waals surface area contributed by atoms with Crippen LogP contribution in [0.15, 0.2) is 18.2 Å². The molecule has 3 aliphatic rings. The Balaban J connectivity index is 1.41. The van der Waals surface area contributed by atoms with E-state index in [1.165, 1.54) is 11.1 Å². The number of aliphatic carboxylic acids is 1. The van der Waals surface area contributed by atoms with Crippen LogP contribution in [0.25, 0.3) is 0 Å². The summed E-state index contributed by atoms with van der Waals surface area (Å²) in [5, 5.41) is 12.1. The van der Waals surface area contributed by atoms with Gasteiger partial charge < -0.3 is 15.2 Å². The molecule has 1 heterocycles. The van der Waals surface area contributed by atoms with E-state index in [4.69, 9.17) is 4.74 Å². The van der Waals surface area contributed by atoms with Gasteiger partial charge in [0.2, 0.25) is 5.91 Å². The Labute approximate surface area is 154 Å². The number of carbonyl (C=O) groups excluding carboxylic acids is 1. The first kappa shape index (κ1) is 17.4. The number of nitrogens with one attached hydrogen (secondary N) is 1. The van der Waals surface area contributed by atoms with Crippen LogP contribution in [0.5, 0.6) is 5.75 Å². The Bertz CT molecular complexity index is 706. The van der Waals surface area contributed by atoms with E-state index in [9.17, 15) is 14.7 Å². The molecule has 2 N–H and O–H groups in total. The minimum absolute atomic E-state index is 0.0852. The predicted octanol–water partition coefficient (Wildman–Crippen LogP) is 3.05. The Kier molecular flexibility index (Phi) is 4.63. The van der Waals surface area contributed by atoms with Crippen molar-refractivity contribution in [3.63, 3.8) is 0 Å². The Morgan fingerprint density at radius 2 is 2.04 bits per heavy atom. The van der Waals surface area contributed by atoms with Crippen LogP contribution in [-0.2, 0) is 21.4 Å². The lowest BCUT2D eigenvalue weighted by Crippen LogP contribution is -2.32. The molecule has 2 fully saturated rings. The fourth-order valence-electron chi connectivity index (χ4n) is 5.04. The maximum atomic E-state index is 11.6. The van der Waals surface area contributed by atoms with Crippen molar-refractivity contribution in [3.05, 3.63) is 29.3 Å². The molecule has 1 unspecified atom stereocenters. The zero-order valence-corrected chi connectivity index (χ0v) is 15.1. The molecule has 1 aromatic rings. The van der Waals surface area contributed by atoms with E-state index in [1.54, 1.807) is 0 Å². The van der Waals surface area contributed by atoms with E-state index in [-0.39, 0.29) is 23.2 Å². The van der Waals surface area contributed by atoms with Gasteiger partial charge in [0.15, 0.2) is 0 Å². The molecule has 1 atom stereocenters. The first-order valence-electron chi connectivity index (χ1n) is 9.84. The lowest BCUT2D eigenvalue weighted by Gasteiger charge is -2.37. The zero-order valence-electron chi connectivity index (χ0n) is 15.1. The van der Waals surface area contributed by atoms with E-state index in [2.05, 4.69) is 17.4 Å². The van der Waals surface area contributed by atoms with Crippen molar-refractivity contribution < 1.29 is 19.4 Å². The molecule has 26 heavy (non-hydrogen) atoms. The quantitative estimate of drug-likeness (QED) is 0.849. The average molecular weight is 357 g/mol. The van der Waals surface area contributed by atoms with Gasteiger partial charge in [0.05, 0.1) is 12.5 Å². The molecule has 2 aliphatic carbocycles. The maximum Gasteiger partial charge on any atom is 0.306 e. The van der Waals surface area contributed by atoms with Crippen LogP contribution in [0.1, 0.15) is 56.1 Å². The van der Waals surface area contributed by atoms with Crippen LogP contribution in [0, 0.1) is 11.8 Å². The van der Waals surface area contributed by atoms with Crippen LogP contribution >= 0.6 is 0 Å². The van der Waals surface area contributed by atoms with E-state index >= 15 is 0 Å². The van der Waals surface area contributed by atoms with Crippen molar-refractivity contribution in [1.82, 2.24) is 5.32 Å². The summed E-state index contributed by atoms with van der Waals surface area (Å²) in [6.45, 7) is 1.34. The third kappa shape index (κ3) is 3.19. The summed E-state index contributed by atoms with van der Waals surface area (Å²) in [6, 6.07) is 6.39. The Hall–Kier alpha value is -2.04. The van der Waals surface area contributed by atoms with Crippen molar-refractivity contribution >= 4 is 11.9 Å². The van der Waals surface area contributed by atoms with Crippen molar-refractivity contribution in [2.45, 2.75) is 56.8 Å². The molecule has 0 bridgehead atoms. The van der Waals surface area contributed by atoms with Crippen LogP contribution in [0.3, 0.4) is 0 Å². The second-order valence-corrected chi connectivity index (χ2v) is 8.13. The summed E-state index contributed by atoms with van der Waals surface area (Å²) < 4.78 is 5.96. The number of aryl methyl sites for hydroxylation is 1. The third-order valence-corrected chi connectivity index (χ3v) is 6.72.